The first-order chi connectivity index (χ1) is 9.56. The van der Waals surface area contributed by atoms with E-state index in [1.54, 1.807) is 12.1 Å². The van der Waals surface area contributed by atoms with Crippen LogP contribution in [0.25, 0.3) is 22.1 Å². The molecule has 0 spiro atoms. The van der Waals surface area contributed by atoms with Gasteiger partial charge in [-0.15, -0.1) is 0 Å². The summed E-state index contributed by atoms with van der Waals surface area (Å²) >= 11 is 0. The van der Waals surface area contributed by atoms with Crippen LogP contribution in [0.3, 0.4) is 0 Å². The molecule has 1 aromatic heterocycles. The molecule has 3 aromatic rings. The Hall–Kier alpha value is -2.95. The third-order valence-corrected chi connectivity index (χ3v) is 3.02. The van der Waals surface area contributed by atoms with Crippen molar-refractivity contribution < 1.29 is 19.7 Å². The molecule has 0 saturated heterocycles. The van der Waals surface area contributed by atoms with E-state index in [1.165, 1.54) is 24.5 Å². The van der Waals surface area contributed by atoms with Gasteiger partial charge in [-0.3, -0.25) is 4.79 Å². The molecule has 5 heteroatoms. The lowest BCUT2D eigenvalue weighted by Crippen LogP contribution is -2.04. The lowest BCUT2D eigenvalue weighted by molar-refractivity contribution is 0.452. The van der Waals surface area contributed by atoms with Crippen LogP contribution in [0.1, 0.15) is 0 Å². The zero-order valence-electron chi connectivity index (χ0n) is 10.2. The molecule has 20 heavy (non-hydrogen) atoms. The lowest BCUT2D eigenvalue weighted by Gasteiger charge is -2.05. The van der Waals surface area contributed by atoms with E-state index in [4.69, 9.17) is 4.42 Å². The van der Waals surface area contributed by atoms with Crippen LogP contribution in [0.2, 0.25) is 0 Å². The molecule has 2 aromatic carbocycles. The third kappa shape index (κ3) is 1.85. The van der Waals surface area contributed by atoms with E-state index in [1.807, 2.05) is 0 Å². The van der Waals surface area contributed by atoms with Crippen molar-refractivity contribution in [3.8, 4) is 28.4 Å². The van der Waals surface area contributed by atoms with Gasteiger partial charge in [-0.1, -0.05) is 12.1 Å². The van der Waals surface area contributed by atoms with Gasteiger partial charge >= 0.3 is 0 Å². The van der Waals surface area contributed by atoms with Crippen LogP contribution in [0.4, 0.5) is 0 Å². The number of aromatic hydroxyl groups is 3. The standard InChI is InChI=1S/C15H10O5/c16-9-3-1-8(2-4-9)11-7-20-13-6-10(17)5-12(18)14(13)15(11)19/h1-7,16-18H/i6+1,8+1,10+1. The van der Waals surface area contributed by atoms with Crippen LogP contribution < -0.4 is 5.43 Å². The summed E-state index contributed by atoms with van der Waals surface area (Å²) in [6.45, 7) is 0. The highest BCUT2D eigenvalue weighted by atomic mass is 16.4. The van der Waals surface area contributed by atoms with Gasteiger partial charge < -0.3 is 19.7 Å². The molecule has 3 rings (SSSR count). The zero-order chi connectivity index (χ0) is 14.3. The number of fused-ring (bicyclic) bond motifs is 1. The van der Waals surface area contributed by atoms with Crippen LogP contribution in [0.15, 0.2) is 51.9 Å². The van der Waals surface area contributed by atoms with E-state index in [2.05, 4.69) is 0 Å². The van der Waals surface area contributed by atoms with Gasteiger partial charge in [0.2, 0.25) is 5.43 Å². The first-order valence-corrected chi connectivity index (χ1v) is 5.83. The molecular weight excluding hydrogens is 263 g/mol. The van der Waals surface area contributed by atoms with Gasteiger partial charge in [0, 0.05) is 12.1 Å². The van der Waals surface area contributed by atoms with Crippen LogP contribution in [-0.2, 0) is 0 Å². The van der Waals surface area contributed by atoms with Crippen molar-refractivity contribution in [2.24, 2.45) is 0 Å². The fraction of sp³-hybridized carbons (Fsp3) is 0. The van der Waals surface area contributed by atoms with Crippen molar-refractivity contribution in [1.29, 1.82) is 0 Å². The maximum atomic E-state index is 12.4. The summed E-state index contributed by atoms with van der Waals surface area (Å²) in [5, 5.41) is 28.4. The fourth-order valence-electron chi connectivity index (χ4n) is 2.06. The minimum atomic E-state index is -0.408. The quantitative estimate of drug-likeness (QED) is 0.634. The summed E-state index contributed by atoms with van der Waals surface area (Å²) in [7, 11) is 0. The number of phenolic OH excluding ortho intramolecular Hbond substituents is 3. The second-order valence-corrected chi connectivity index (χ2v) is 4.36. The van der Waals surface area contributed by atoms with Crippen LogP contribution in [0.5, 0.6) is 17.2 Å². The number of hydrogen-bond donors (Lipinski definition) is 3. The van der Waals surface area contributed by atoms with E-state index >= 15 is 0 Å². The number of benzene rings is 2. The van der Waals surface area contributed by atoms with Gasteiger partial charge in [-0.2, -0.15) is 0 Å². The second kappa shape index (κ2) is 4.31. The molecule has 0 amide bonds. The van der Waals surface area contributed by atoms with Gasteiger partial charge in [-0.05, 0) is 17.7 Å². The number of rotatable bonds is 1. The number of phenols is 3. The summed E-state index contributed by atoms with van der Waals surface area (Å²) in [5.41, 5.74) is 0.522. The predicted octanol–water partition coefficient (Wildman–Crippen LogP) is 2.58. The van der Waals surface area contributed by atoms with Crippen molar-refractivity contribution in [2.45, 2.75) is 0 Å². The zero-order valence-corrected chi connectivity index (χ0v) is 10.2. The highest BCUT2D eigenvalue weighted by molar-refractivity contribution is 5.87. The number of hydrogen-bond acceptors (Lipinski definition) is 5. The van der Waals surface area contributed by atoms with Gasteiger partial charge in [0.1, 0.15) is 34.5 Å². The molecule has 5 nitrogen and oxygen atoms in total. The molecular formula is C15H10O5. The Balaban J connectivity index is 2.31. The molecule has 0 fully saturated rings. The van der Waals surface area contributed by atoms with Gasteiger partial charge in [-0.25, -0.2) is 0 Å². The molecule has 0 aliphatic carbocycles. The molecule has 0 atom stereocenters. The molecule has 100 valence electrons. The van der Waals surface area contributed by atoms with E-state index in [9.17, 15) is 20.1 Å². The third-order valence-electron chi connectivity index (χ3n) is 3.02. The summed E-state index contributed by atoms with van der Waals surface area (Å²) in [6.07, 6.45) is 1.26. The normalized spacial score (nSPS) is 10.8. The molecule has 3 N–H and O–H groups in total. The molecule has 1 heterocycles. The van der Waals surface area contributed by atoms with Crippen molar-refractivity contribution in [3.63, 3.8) is 0 Å². The molecule has 0 aliphatic rings. The fourth-order valence-corrected chi connectivity index (χ4v) is 2.06. The summed E-state index contributed by atoms with van der Waals surface area (Å²) < 4.78 is 5.29. The largest absolute Gasteiger partial charge is 0.508 e. The Morgan fingerprint density at radius 1 is 0.900 bits per heavy atom. The monoisotopic (exact) mass is 273 g/mol. The maximum Gasteiger partial charge on any atom is 0.204 e. The Labute approximate surface area is 113 Å². The van der Waals surface area contributed by atoms with E-state index in [-0.39, 0.29) is 33.8 Å². The highest BCUT2D eigenvalue weighted by Crippen LogP contribution is 2.29. The van der Waals surface area contributed by atoms with E-state index in [0.29, 0.717) is 5.56 Å². The minimum Gasteiger partial charge on any atom is -0.508 e. The van der Waals surface area contributed by atoms with E-state index < -0.39 is 5.43 Å². The highest BCUT2D eigenvalue weighted by Gasteiger charge is 2.13. The first-order valence-electron chi connectivity index (χ1n) is 5.83. The minimum absolute atomic E-state index is 0.00775. The molecule has 0 aliphatic heterocycles. The lowest BCUT2D eigenvalue weighted by atomic mass is 10.2. The predicted molar refractivity (Wildman–Crippen MR) is 72.9 cm³/mol. The molecule has 0 bridgehead atoms. The summed E-state index contributed by atoms with van der Waals surface area (Å²) in [5.74, 6) is -0.434. The van der Waals surface area contributed by atoms with Gasteiger partial charge in [0.15, 0.2) is 0 Å². The van der Waals surface area contributed by atoms with Crippen LogP contribution in [-0.4, -0.2) is 15.3 Å². The SMILES string of the molecule is O=c1c(-[13c]2ccc(O)cc2)coc2[13cH][13c](O)cc(O)c12. The van der Waals surface area contributed by atoms with Gasteiger partial charge in [0.25, 0.3) is 0 Å². The summed E-state index contributed by atoms with van der Waals surface area (Å²) in [4.78, 5) is 12.4. The smallest absolute Gasteiger partial charge is 0.204 e. The second-order valence-electron chi connectivity index (χ2n) is 4.36. The first kappa shape index (κ1) is 12.1. The Bertz CT molecular complexity index is 847. The van der Waals surface area contributed by atoms with Crippen LogP contribution in [0, 0.1) is 0 Å². The van der Waals surface area contributed by atoms with Crippen molar-refractivity contribution in [1.82, 2.24) is 0 Å². The van der Waals surface area contributed by atoms with Crippen molar-refractivity contribution in [2.75, 3.05) is 0 Å². The Morgan fingerprint density at radius 2 is 1.60 bits per heavy atom. The van der Waals surface area contributed by atoms with E-state index in [0.717, 1.165) is 6.07 Å². The Kier molecular flexibility index (Phi) is 2.61. The van der Waals surface area contributed by atoms with Gasteiger partial charge in [0.05, 0.1) is 5.56 Å². The average molecular weight is 273 g/mol. The van der Waals surface area contributed by atoms with Crippen molar-refractivity contribution >= 4 is 11.0 Å². The van der Waals surface area contributed by atoms with Crippen molar-refractivity contribution in [3.05, 3.63) is 52.9 Å². The molecule has 0 radical (unpaired) electrons. The molecule has 0 unspecified atom stereocenters. The maximum absolute atomic E-state index is 12.4. The Morgan fingerprint density at radius 3 is 2.30 bits per heavy atom. The van der Waals surface area contributed by atoms with Crippen LogP contribution >= 0.6 is 0 Å². The summed E-state index contributed by atoms with van der Waals surface area (Å²) in [6, 6.07) is 8.40. The molecule has 0 saturated carbocycles. The average Bonchev–Trinajstić information content (AvgIpc) is 2.39. The topological polar surface area (TPSA) is 90.9 Å².